The van der Waals surface area contributed by atoms with Gasteiger partial charge in [0.15, 0.2) is 0 Å². The number of carbonyl (C=O) groups is 2. The molecule has 3 fully saturated rings. The molecule has 6 atom stereocenters. The van der Waals surface area contributed by atoms with E-state index in [4.69, 9.17) is 4.74 Å². The van der Waals surface area contributed by atoms with E-state index in [2.05, 4.69) is 48.3 Å². The van der Waals surface area contributed by atoms with Crippen molar-refractivity contribution >= 4 is 17.6 Å². The lowest BCUT2D eigenvalue weighted by atomic mass is 9.57. The fourth-order valence-corrected chi connectivity index (χ4v) is 8.46. The molecule has 2 heterocycles. The predicted octanol–water partition coefficient (Wildman–Crippen LogP) is 3.73. The van der Waals surface area contributed by atoms with Gasteiger partial charge in [0.25, 0.3) is 0 Å². The Labute approximate surface area is 173 Å². The number of hydrogen-bond acceptors (Lipinski definition) is 4. The van der Waals surface area contributed by atoms with Crippen molar-refractivity contribution < 1.29 is 14.3 Å². The Balaban J connectivity index is 1.74. The van der Waals surface area contributed by atoms with E-state index < -0.39 is 0 Å². The molecule has 4 aliphatic rings. The van der Waals surface area contributed by atoms with Crippen molar-refractivity contribution in [2.45, 2.75) is 70.4 Å². The summed E-state index contributed by atoms with van der Waals surface area (Å²) in [6, 6.07) is 8.88. The minimum Gasteiger partial charge on any atom is -0.465 e. The topological polar surface area (TPSA) is 58.6 Å². The van der Waals surface area contributed by atoms with Crippen LogP contribution in [0.1, 0.15) is 58.9 Å². The molecule has 1 aromatic rings. The highest BCUT2D eigenvalue weighted by Gasteiger charge is 2.84. The maximum Gasteiger partial charge on any atom is 0.302 e. The summed E-state index contributed by atoms with van der Waals surface area (Å²) in [7, 11) is 0. The van der Waals surface area contributed by atoms with E-state index >= 15 is 0 Å². The second-order valence-electron chi connectivity index (χ2n) is 9.78. The average molecular weight is 397 g/mol. The largest absolute Gasteiger partial charge is 0.465 e. The van der Waals surface area contributed by atoms with Gasteiger partial charge in [-0.2, -0.15) is 0 Å². The molecule has 5 nitrogen and oxygen atoms in total. The molecule has 1 amide bonds. The molecule has 2 aliphatic carbocycles. The quantitative estimate of drug-likeness (QED) is 0.788. The molecule has 2 saturated carbocycles. The number of nitrogens with zero attached hydrogens (tertiary/aromatic N) is 1. The van der Waals surface area contributed by atoms with Crippen LogP contribution in [0, 0.1) is 17.3 Å². The monoisotopic (exact) mass is 396 g/mol. The number of likely N-dealkylation sites (tertiary alicyclic amines) is 1. The number of rotatable bonds is 4. The summed E-state index contributed by atoms with van der Waals surface area (Å²) in [4.78, 5) is 26.6. The van der Waals surface area contributed by atoms with Gasteiger partial charge >= 0.3 is 5.97 Å². The van der Waals surface area contributed by atoms with Gasteiger partial charge in [-0.3, -0.25) is 9.59 Å². The van der Waals surface area contributed by atoms with Crippen molar-refractivity contribution in [3.63, 3.8) is 0 Å². The third-order valence-corrected chi connectivity index (χ3v) is 8.98. The van der Waals surface area contributed by atoms with Gasteiger partial charge < -0.3 is 15.0 Å². The van der Waals surface area contributed by atoms with Crippen molar-refractivity contribution in [2.75, 3.05) is 18.5 Å². The number of nitrogens with one attached hydrogen (secondary N) is 1. The summed E-state index contributed by atoms with van der Waals surface area (Å²) in [5.41, 5.74) is 2.35. The second-order valence-corrected chi connectivity index (χ2v) is 9.78. The van der Waals surface area contributed by atoms with Crippen LogP contribution in [-0.2, 0) is 19.7 Å². The Kier molecular flexibility index (Phi) is 3.92. The number of esters is 1. The van der Waals surface area contributed by atoms with Crippen molar-refractivity contribution in [1.29, 1.82) is 0 Å². The molecule has 0 unspecified atom stereocenters. The van der Waals surface area contributed by atoms with Gasteiger partial charge in [0.1, 0.15) is 0 Å². The summed E-state index contributed by atoms with van der Waals surface area (Å²) < 4.78 is 5.61. The van der Waals surface area contributed by atoms with Crippen molar-refractivity contribution in [3.05, 3.63) is 29.8 Å². The Bertz CT molecular complexity index is 885. The Morgan fingerprint density at radius 2 is 2.03 bits per heavy atom. The lowest BCUT2D eigenvalue weighted by Crippen LogP contribution is -2.62. The van der Waals surface area contributed by atoms with E-state index in [9.17, 15) is 9.59 Å². The molecular weight excluding hydrogens is 364 g/mol. The Morgan fingerprint density at radius 1 is 1.28 bits per heavy atom. The first kappa shape index (κ1) is 19.0. The van der Waals surface area contributed by atoms with Crippen molar-refractivity contribution in [3.8, 4) is 0 Å². The summed E-state index contributed by atoms with van der Waals surface area (Å²) in [5.74, 6) is 0.635. The molecule has 1 aromatic carbocycles. The number of carbonyl (C=O) groups excluding carboxylic acids is 2. The van der Waals surface area contributed by atoms with Gasteiger partial charge in [0, 0.05) is 43.5 Å². The first-order valence-corrected chi connectivity index (χ1v) is 11.1. The average Bonchev–Trinajstić information content (AvgIpc) is 3.33. The molecule has 1 saturated heterocycles. The number of benzene rings is 1. The first-order chi connectivity index (χ1) is 13.8. The number of ether oxygens (including phenoxy) is 1. The van der Waals surface area contributed by atoms with E-state index in [0.717, 1.165) is 32.2 Å². The zero-order valence-electron chi connectivity index (χ0n) is 18.0. The summed E-state index contributed by atoms with van der Waals surface area (Å²) in [5, 5.41) is 4.00. The van der Waals surface area contributed by atoms with Crippen molar-refractivity contribution in [1.82, 2.24) is 4.90 Å². The third-order valence-electron chi connectivity index (χ3n) is 8.98. The molecule has 2 spiro atoms. The zero-order chi connectivity index (χ0) is 20.6. The lowest BCUT2D eigenvalue weighted by Gasteiger charge is -2.51. The minimum atomic E-state index is -0.209. The van der Waals surface area contributed by atoms with E-state index in [1.807, 2.05) is 0 Å². The molecule has 156 valence electrons. The van der Waals surface area contributed by atoms with Gasteiger partial charge in [-0.15, -0.1) is 0 Å². The number of anilines is 1. The van der Waals surface area contributed by atoms with Gasteiger partial charge in [0.05, 0.1) is 12.1 Å². The van der Waals surface area contributed by atoms with Gasteiger partial charge in [-0.05, 0) is 42.2 Å². The summed E-state index contributed by atoms with van der Waals surface area (Å²) in [6.07, 6.45) is 4.19. The van der Waals surface area contributed by atoms with Gasteiger partial charge in [-0.25, -0.2) is 0 Å². The number of fused-ring (bicyclic) bond motifs is 3. The Morgan fingerprint density at radius 3 is 2.72 bits per heavy atom. The standard InChI is InChI=1S/C24H32N2O3/c1-5-10-22-13-18(14-29-17(4)28)24(15(22)2)23(11-12-26(16(3)27)21(22)23)19-8-6-7-9-20(19)25-24/h6-9,15,18,21,25H,5,10-14H2,1-4H3/t15-,18+,21+,22+,23-,24+/m1/s1. The van der Waals surface area contributed by atoms with Crippen LogP contribution in [0.2, 0.25) is 0 Å². The number of amides is 1. The van der Waals surface area contributed by atoms with Crippen LogP contribution in [0.25, 0.3) is 0 Å². The van der Waals surface area contributed by atoms with E-state index in [1.54, 1.807) is 6.92 Å². The zero-order valence-corrected chi connectivity index (χ0v) is 18.0. The predicted molar refractivity (Wildman–Crippen MR) is 112 cm³/mol. The number of para-hydroxylation sites is 1. The molecule has 0 radical (unpaired) electrons. The molecule has 2 aliphatic heterocycles. The highest BCUT2D eigenvalue weighted by molar-refractivity contribution is 5.78. The normalized spacial score (nSPS) is 41.0. The number of hydrogen-bond donors (Lipinski definition) is 1. The van der Waals surface area contributed by atoms with Gasteiger partial charge in [-0.1, -0.05) is 38.5 Å². The van der Waals surface area contributed by atoms with Crippen LogP contribution in [-0.4, -0.2) is 41.5 Å². The molecule has 0 aromatic heterocycles. The van der Waals surface area contributed by atoms with E-state index in [1.165, 1.54) is 18.2 Å². The fraction of sp³-hybridized carbons (Fsp3) is 0.667. The second kappa shape index (κ2) is 5.99. The van der Waals surface area contributed by atoms with Crippen LogP contribution in [0.5, 0.6) is 0 Å². The van der Waals surface area contributed by atoms with Crippen LogP contribution in [0.3, 0.4) is 0 Å². The highest BCUT2D eigenvalue weighted by Crippen LogP contribution is 2.79. The smallest absolute Gasteiger partial charge is 0.302 e. The SMILES string of the molecule is CCC[C@@]12C[C@@H](COC(C)=O)[C@@]3(Nc4ccccc4[C@@]34CCN(C(C)=O)[C@@H]14)[C@@H]2C. The maximum atomic E-state index is 12.7. The first-order valence-electron chi connectivity index (χ1n) is 11.1. The fourth-order valence-electron chi connectivity index (χ4n) is 8.46. The van der Waals surface area contributed by atoms with Crippen LogP contribution >= 0.6 is 0 Å². The Hall–Kier alpha value is -2.04. The van der Waals surface area contributed by atoms with Crippen LogP contribution < -0.4 is 5.32 Å². The molecule has 1 N–H and O–H groups in total. The third kappa shape index (κ3) is 1.97. The van der Waals surface area contributed by atoms with E-state index in [-0.39, 0.29) is 40.2 Å². The summed E-state index contributed by atoms with van der Waals surface area (Å²) in [6.45, 7) is 9.14. The van der Waals surface area contributed by atoms with Gasteiger partial charge in [0.2, 0.25) is 5.91 Å². The molecular formula is C24H32N2O3. The maximum absolute atomic E-state index is 12.7. The molecule has 5 rings (SSSR count). The van der Waals surface area contributed by atoms with E-state index in [0.29, 0.717) is 12.5 Å². The molecule has 5 heteroatoms. The summed E-state index contributed by atoms with van der Waals surface area (Å²) >= 11 is 0. The van der Waals surface area contributed by atoms with Crippen LogP contribution in [0.4, 0.5) is 5.69 Å². The molecule has 2 bridgehead atoms. The highest BCUT2D eigenvalue weighted by atomic mass is 16.5. The lowest BCUT2D eigenvalue weighted by molar-refractivity contribution is -0.143. The minimum absolute atomic E-state index is 0.0578. The van der Waals surface area contributed by atoms with Crippen LogP contribution in [0.15, 0.2) is 24.3 Å². The molecule has 29 heavy (non-hydrogen) atoms. The van der Waals surface area contributed by atoms with Crippen molar-refractivity contribution in [2.24, 2.45) is 17.3 Å².